The number of hydrazine groups is 1. The monoisotopic (exact) mass is 411 g/mol. The number of anilines is 1. The summed E-state index contributed by atoms with van der Waals surface area (Å²) in [6.45, 7) is 1.95. The first-order valence-electron chi connectivity index (χ1n) is 9.28. The van der Waals surface area contributed by atoms with Gasteiger partial charge in [-0.05, 0) is 55.5 Å². The minimum Gasteiger partial charge on any atom is -0.497 e. The molecule has 0 spiro atoms. The second kappa shape index (κ2) is 9.19. The average Bonchev–Trinajstić information content (AvgIpc) is 3.05. The van der Waals surface area contributed by atoms with Crippen molar-refractivity contribution in [2.45, 2.75) is 19.4 Å². The lowest BCUT2D eigenvalue weighted by Gasteiger charge is -2.16. The molecule has 2 aromatic rings. The van der Waals surface area contributed by atoms with Gasteiger partial charge in [-0.3, -0.25) is 19.8 Å². The molecular weight excluding hydrogens is 390 g/mol. The van der Waals surface area contributed by atoms with Crippen LogP contribution < -0.4 is 20.5 Å². The molecule has 9 heteroatoms. The van der Waals surface area contributed by atoms with Gasteiger partial charge in [-0.1, -0.05) is 0 Å². The predicted octanol–water partition coefficient (Wildman–Crippen LogP) is 1.44. The van der Waals surface area contributed by atoms with Gasteiger partial charge in [0.1, 0.15) is 11.8 Å². The number of nitrogens with one attached hydrogen (secondary N) is 2. The molecule has 3 rings (SSSR count). The van der Waals surface area contributed by atoms with Crippen LogP contribution in [0.15, 0.2) is 48.5 Å². The van der Waals surface area contributed by atoms with Crippen LogP contribution in [0.2, 0.25) is 0 Å². The van der Waals surface area contributed by atoms with Crippen LogP contribution in [0.3, 0.4) is 0 Å². The lowest BCUT2D eigenvalue weighted by Crippen LogP contribution is -2.48. The summed E-state index contributed by atoms with van der Waals surface area (Å²) in [6, 6.07) is 11.5. The molecule has 0 unspecified atom stereocenters. The van der Waals surface area contributed by atoms with Gasteiger partial charge in [-0.15, -0.1) is 0 Å². The van der Waals surface area contributed by atoms with Crippen LogP contribution in [0.5, 0.6) is 5.75 Å². The van der Waals surface area contributed by atoms with Crippen molar-refractivity contribution in [1.29, 1.82) is 0 Å². The number of nitrogens with zero attached hydrogens (tertiary/aromatic N) is 1. The van der Waals surface area contributed by atoms with Crippen molar-refractivity contribution in [3.05, 3.63) is 59.7 Å². The molecule has 30 heavy (non-hydrogen) atoms. The van der Waals surface area contributed by atoms with Crippen molar-refractivity contribution in [3.8, 4) is 5.75 Å². The molecule has 0 aromatic heterocycles. The Balaban J connectivity index is 1.62. The second-order valence-corrected chi connectivity index (χ2v) is 6.42. The normalized spacial score (nSPS) is 15.8. The van der Waals surface area contributed by atoms with E-state index in [0.717, 1.165) is 4.90 Å². The maximum absolute atomic E-state index is 12.7. The number of methoxy groups -OCH3 is 1. The maximum Gasteiger partial charge on any atom is 0.338 e. The summed E-state index contributed by atoms with van der Waals surface area (Å²) in [4.78, 5) is 50.0. The Hall–Kier alpha value is -3.72. The molecular formula is C21H21N3O6. The SMILES string of the molecule is CCOC(=O)c1ccc(N2C(=O)C[C@@H](NNC(=O)c3ccc(OC)cc3)C2=O)cc1. The Morgan fingerprint density at radius 3 is 2.27 bits per heavy atom. The molecule has 1 atom stereocenters. The fourth-order valence-corrected chi connectivity index (χ4v) is 2.94. The third-order valence-corrected chi connectivity index (χ3v) is 4.50. The Morgan fingerprint density at radius 2 is 1.67 bits per heavy atom. The van der Waals surface area contributed by atoms with Gasteiger partial charge in [0.25, 0.3) is 11.8 Å². The second-order valence-electron chi connectivity index (χ2n) is 6.42. The standard InChI is InChI=1S/C21H21N3O6/c1-3-30-21(28)14-4-8-15(9-5-14)24-18(25)12-17(20(24)27)22-23-19(26)13-6-10-16(29-2)11-7-13/h4-11,17,22H,3,12H2,1-2H3,(H,23,26)/t17-/m1/s1. The van der Waals surface area contributed by atoms with E-state index < -0.39 is 29.7 Å². The highest BCUT2D eigenvalue weighted by atomic mass is 16.5. The molecule has 1 aliphatic heterocycles. The molecule has 2 aromatic carbocycles. The lowest BCUT2D eigenvalue weighted by molar-refractivity contribution is -0.121. The highest BCUT2D eigenvalue weighted by Crippen LogP contribution is 2.23. The van der Waals surface area contributed by atoms with E-state index in [9.17, 15) is 19.2 Å². The lowest BCUT2D eigenvalue weighted by atomic mass is 10.2. The van der Waals surface area contributed by atoms with Crippen molar-refractivity contribution < 1.29 is 28.7 Å². The zero-order valence-corrected chi connectivity index (χ0v) is 16.5. The Kier molecular flexibility index (Phi) is 6.43. The van der Waals surface area contributed by atoms with Gasteiger partial charge in [-0.25, -0.2) is 15.1 Å². The van der Waals surface area contributed by atoms with Gasteiger partial charge in [0.2, 0.25) is 5.91 Å². The van der Waals surface area contributed by atoms with E-state index in [1.165, 1.54) is 31.4 Å². The molecule has 1 heterocycles. The number of imide groups is 1. The molecule has 1 aliphatic rings. The molecule has 0 aliphatic carbocycles. The first-order valence-corrected chi connectivity index (χ1v) is 9.28. The minimum atomic E-state index is -0.899. The molecule has 3 amide bonds. The first kappa shape index (κ1) is 21.0. The van der Waals surface area contributed by atoms with E-state index in [1.54, 1.807) is 31.2 Å². The van der Waals surface area contributed by atoms with Gasteiger partial charge < -0.3 is 9.47 Å². The Morgan fingerprint density at radius 1 is 1.03 bits per heavy atom. The van der Waals surface area contributed by atoms with Gasteiger partial charge in [0.15, 0.2) is 0 Å². The summed E-state index contributed by atoms with van der Waals surface area (Å²) in [6.07, 6.45) is -0.110. The molecule has 0 saturated carbocycles. The summed E-state index contributed by atoms with van der Waals surface area (Å²) in [5.74, 6) is -1.24. The highest BCUT2D eigenvalue weighted by Gasteiger charge is 2.39. The van der Waals surface area contributed by atoms with Crippen LogP contribution >= 0.6 is 0 Å². The molecule has 2 N–H and O–H groups in total. The van der Waals surface area contributed by atoms with Crippen molar-refractivity contribution in [2.24, 2.45) is 0 Å². The third-order valence-electron chi connectivity index (χ3n) is 4.50. The van der Waals surface area contributed by atoms with E-state index in [0.29, 0.717) is 22.6 Å². The molecule has 1 saturated heterocycles. The van der Waals surface area contributed by atoms with Crippen molar-refractivity contribution in [2.75, 3.05) is 18.6 Å². The number of esters is 1. The zero-order valence-electron chi connectivity index (χ0n) is 16.5. The quantitative estimate of drug-likeness (QED) is 0.403. The van der Waals surface area contributed by atoms with Crippen LogP contribution in [0.1, 0.15) is 34.1 Å². The van der Waals surface area contributed by atoms with Gasteiger partial charge in [0.05, 0.1) is 31.4 Å². The fourth-order valence-electron chi connectivity index (χ4n) is 2.94. The zero-order chi connectivity index (χ0) is 21.7. The highest BCUT2D eigenvalue weighted by molar-refractivity contribution is 6.22. The maximum atomic E-state index is 12.7. The number of hydrogen-bond donors (Lipinski definition) is 2. The largest absolute Gasteiger partial charge is 0.497 e. The smallest absolute Gasteiger partial charge is 0.338 e. The van der Waals surface area contributed by atoms with E-state index in [4.69, 9.17) is 9.47 Å². The van der Waals surface area contributed by atoms with Crippen LogP contribution in [-0.2, 0) is 14.3 Å². The summed E-state index contributed by atoms with van der Waals surface area (Å²) < 4.78 is 9.95. The van der Waals surface area contributed by atoms with Crippen LogP contribution in [-0.4, -0.2) is 43.4 Å². The third kappa shape index (κ3) is 4.47. The average molecular weight is 411 g/mol. The van der Waals surface area contributed by atoms with Crippen LogP contribution in [0, 0.1) is 0 Å². The number of hydrogen-bond acceptors (Lipinski definition) is 7. The predicted molar refractivity (Wildman–Crippen MR) is 107 cm³/mol. The molecule has 0 bridgehead atoms. The number of ether oxygens (including phenoxy) is 2. The first-order chi connectivity index (χ1) is 14.4. The summed E-state index contributed by atoms with van der Waals surface area (Å²) in [5, 5.41) is 0. The van der Waals surface area contributed by atoms with Gasteiger partial charge in [0, 0.05) is 5.56 Å². The Labute approximate surface area is 172 Å². The van der Waals surface area contributed by atoms with Gasteiger partial charge >= 0.3 is 5.97 Å². The topological polar surface area (TPSA) is 114 Å². The summed E-state index contributed by atoms with van der Waals surface area (Å²) in [5.41, 5.74) is 6.09. The summed E-state index contributed by atoms with van der Waals surface area (Å²) >= 11 is 0. The van der Waals surface area contributed by atoms with E-state index >= 15 is 0 Å². The molecule has 156 valence electrons. The van der Waals surface area contributed by atoms with Crippen molar-refractivity contribution in [1.82, 2.24) is 10.9 Å². The van der Waals surface area contributed by atoms with Crippen molar-refractivity contribution >= 4 is 29.4 Å². The number of rotatable bonds is 7. The Bertz CT molecular complexity index is 956. The number of carbonyl (C=O) groups is 4. The van der Waals surface area contributed by atoms with Crippen LogP contribution in [0.25, 0.3) is 0 Å². The van der Waals surface area contributed by atoms with E-state index in [-0.39, 0.29) is 13.0 Å². The van der Waals surface area contributed by atoms with Crippen LogP contribution in [0.4, 0.5) is 5.69 Å². The molecule has 0 radical (unpaired) electrons. The summed E-state index contributed by atoms with van der Waals surface area (Å²) in [7, 11) is 1.52. The van der Waals surface area contributed by atoms with E-state index in [2.05, 4.69) is 10.9 Å². The van der Waals surface area contributed by atoms with E-state index in [1.807, 2.05) is 0 Å². The number of carbonyl (C=O) groups excluding carboxylic acids is 4. The number of benzene rings is 2. The fraction of sp³-hybridized carbons (Fsp3) is 0.238. The minimum absolute atomic E-state index is 0.110. The number of amides is 3. The molecule has 1 fully saturated rings. The van der Waals surface area contributed by atoms with Gasteiger partial charge in [-0.2, -0.15) is 0 Å². The van der Waals surface area contributed by atoms with Crippen molar-refractivity contribution in [3.63, 3.8) is 0 Å². The molecule has 9 nitrogen and oxygen atoms in total.